The summed E-state index contributed by atoms with van der Waals surface area (Å²) in [5.41, 5.74) is 1.05. The fourth-order valence-corrected chi connectivity index (χ4v) is 3.95. The van der Waals surface area contributed by atoms with E-state index in [4.69, 9.17) is 4.98 Å². The average Bonchev–Trinajstić information content (AvgIpc) is 2.98. The van der Waals surface area contributed by atoms with Crippen molar-refractivity contribution in [3.05, 3.63) is 36.3 Å². The zero-order valence-electron chi connectivity index (χ0n) is 15.6. The van der Waals surface area contributed by atoms with Gasteiger partial charge in [-0.1, -0.05) is 25.7 Å². The van der Waals surface area contributed by atoms with Gasteiger partial charge in [0.05, 0.1) is 6.20 Å². The molecular formula is C20H27FN6. The van der Waals surface area contributed by atoms with Crippen LogP contribution in [0.25, 0.3) is 0 Å². The summed E-state index contributed by atoms with van der Waals surface area (Å²) < 4.78 is 13.1. The van der Waals surface area contributed by atoms with Crippen LogP contribution in [0, 0.1) is 5.82 Å². The van der Waals surface area contributed by atoms with Gasteiger partial charge in [0.15, 0.2) is 5.82 Å². The Hall–Kier alpha value is -2.44. The topological polar surface area (TPSA) is 57.2 Å². The number of halogens is 1. The van der Waals surface area contributed by atoms with E-state index in [-0.39, 0.29) is 5.82 Å². The largest absolute Gasteiger partial charge is 0.368 e. The molecule has 4 rings (SSSR count). The molecule has 0 amide bonds. The molecule has 1 saturated heterocycles. The lowest BCUT2D eigenvalue weighted by Gasteiger charge is -2.36. The van der Waals surface area contributed by atoms with Crippen molar-refractivity contribution in [2.45, 2.75) is 44.6 Å². The fraction of sp³-hybridized carbons (Fsp3) is 0.550. The lowest BCUT2D eigenvalue weighted by atomic mass is 10.1. The van der Waals surface area contributed by atoms with Gasteiger partial charge in [0, 0.05) is 37.9 Å². The Morgan fingerprint density at radius 1 is 0.889 bits per heavy atom. The van der Waals surface area contributed by atoms with Crippen molar-refractivity contribution < 1.29 is 4.39 Å². The third kappa shape index (κ3) is 4.64. The molecule has 1 aliphatic carbocycles. The van der Waals surface area contributed by atoms with Gasteiger partial charge in [0.2, 0.25) is 5.95 Å². The van der Waals surface area contributed by atoms with Crippen LogP contribution in [-0.4, -0.2) is 47.4 Å². The Labute approximate surface area is 159 Å². The lowest BCUT2D eigenvalue weighted by Crippen LogP contribution is -2.47. The van der Waals surface area contributed by atoms with Crippen LogP contribution in [-0.2, 0) is 0 Å². The molecule has 1 aliphatic heterocycles. The van der Waals surface area contributed by atoms with Gasteiger partial charge >= 0.3 is 0 Å². The second-order valence-electron chi connectivity index (χ2n) is 7.42. The molecular weight excluding hydrogens is 343 g/mol. The van der Waals surface area contributed by atoms with Crippen molar-refractivity contribution in [2.24, 2.45) is 0 Å². The number of aromatic nitrogens is 3. The predicted molar refractivity (Wildman–Crippen MR) is 106 cm³/mol. The summed E-state index contributed by atoms with van der Waals surface area (Å²) in [5.74, 6) is 1.31. The van der Waals surface area contributed by atoms with Crippen LogP contribution >= 0.6 is 0 Å². The van der Waals surface area contributed by atoms with E-state index in [1.807, 2.05) is 12.1 Å². The summed E-state index contributed by atoms with van der Waals surface area (Å²) in [7, 11) is 0. The molecule has 6 nitrogen and oxygen atoms in total. The van der Waals surface area contributed by atoms with Gasteiger partial charge in [-0.2, -0.15) is 10.1 Å². The first-order valence-corrected chi connectivity index (χ1v) is 10.00. The molecule has 0 radical (unpaired) electrons. The summed E-state index contributed by atoms with van der Waals surface area (Å²) in [6.07, 6.45) is 9.38. The average molecular weight is 370 g/mol. The Kier molecular flexibility index (Phi) is 5.65. The Morgan fingerprint density at radius 3 is 2.26 bits per heavy atom. The third-order valence-electron chi connectivity index (χ3n) is 5.51. The van der Waals surface area contributed by atoms with Gasteiger partial charge < -0.3 is 15.1 Å². The highest BCUT2D eigenvalue weighted by Crippen LogP contribution is 2.22. The van der Waals surface area contributed by atoms with E-state index >= 15 is 0 Å². The summed E-state index contributed by atoms with van der Waals surface area (Å²) in [4.78, 5) is 9.14. The number of rotatable bonds is 4. The molecule has 144 valence electrons. The van der Waals surface area contributed by atoms with Gasteiger partial charge in [0.1, 0.15) is 5.82 Å². The van der Waals surface area contributed by atoms with Gasteiger partial charge in [-0.05, 0) is 37.1 Å². The number of hydrogen-bond acceptors (Lipinski definition) is 6. The number of nitrogens with one attached hydrogen (secondary N) is 1. The number of nitrogens with zero attached hydrogens (tertiary/aromatic N) is 5. The van der Waals surface area contributed by atoms with E-state index in [1.165, 1.54) is 50.7 Å². The highest BCUT2D eigenvalue weighted by molar-refractivity contribution is 5.49. The van der Waals surface area contributed by atoms with Crippen LogP contribution in [0.5, 0.6) is 0 Å². The van der Waals surface area contributed by atoms with Gasteiger partial charge in [-0.15, -0.1) is 5.10 Å². The number of anilines is 3. The van der Waals surface area contributed by atoms with Crippen LogP contribution in [0.2, 0.25) is 0 Å². The molecule has 0 atom stereocenters. The summed E-state index contributed by atoms with van der Waals surface area (Å²) in [6.45, 7) is 3.36. The predicted octanol–water partition coefficient (Wildman–Crippen LogP) is 3.47. The second kappa shape index (κ2) is 8.50. The zero-order chi connectivity index (χ0) is 18.5. The SMILES string of the molecule is Fc1ccc(N2CCN(c3nncc(NC4CCCCCC4)n3)CC2)cc1. The molecule has 2 aromatic rings. The van der Waals surface area contributed by atoms with Gasteiger partial charge in [0.25, 0.3) is 0 Å². The normalized spacial score (nSPS) is 19.0. The molecule has 0 bridgehead atoms. The van der Waals surface area contributed by atoms with E-state index in [1.54, 1.807) is 6.20 Å². The van der Waals surface area contributed by atoms with Crippen LogP contribution in [0.1, 0.15) is 38.5 Å². The molecule has 0 unspecified atom stereocenters. The van der Waals surface area contributed by atoms with E-state index in [0.29, 0.717) is 12.0 Å². The third-order valence-corrected chi connectivity index (χ3v) is 5.51. The molecule has 1 aromatic carbocycles. The maximum Gasteiger partial charge on any atom is 0.247 e. The quantitative estimate of drug-likeness (QED) is 0.832. The monoisotopic (exact) mass is 370 g/mol. The number of hydrogen-bond donors (Lipinski definition) is 1. The molecule has 0 spiro atoms. The molecule has 27 heavy (non-hydrogen) atoms. The first kappa shape index (κ1) is 17.9. The minimum Gasteiger partial charge on any atom is -0.368 e. The minimum atomic E-state index is -0.199. The second-order valence-corrected chi connectivity index (χ2v) is 7.42. The maximum atomic E-state index is 13.1. The highest BCUT2D eigenvalue weighted by Gasteiger charge is 2.20. The Bertz CT molecular complexity index is 722. The van der Waals surface area contributed by atoms with Gasteiger partial charge in [-0.3, -0.25) is 0 Å². The minimum absolute atomic E-state index is 0.199. The van der Waals surface area contributed by atoms with Crippen molar-refractivity contribution in [2.75, 3.05) is 41.3 Å². The molecule has 2 heterocycles. The smallest absolute Gasteiger partial charge is 0.247 e. The van der Waals surface area contributed by atoms with E-state index in [9.17, 15) is 4.39 Å². The van der Waals surface area contributed by atoms with E-state index in [0.717, 1.165) is 37.7 Å². The number of benzene rings is 1. The van der Waals surface area contributed by atoms with Crippen LogP contribution in [0.4, 0.5) is 21.8 Å². The van der Waals surface area contributed by atoms with Crippen LogP contribution in [0.3, 0.4) is 0 Å². The Balaban J connectivity index is 1.36. The zero-order valence-corrected chi connectivity index (χ0v) is 15.6. The van der Waals surface area contributed by atoms with Crippen LogP contribution < -0.4 is 15.1 Å². The molecule has 1 aromatic heterocycles. The maximum absolute atomic E-state index is 13.1. The van der Waals surface area contributed by atoms with E-state index < -0.39 is 0 Å². The standard InChI is InChI=1S/C20H27FN6/c21-16-7-9-18(10-8-16)26-11-13-27(14-12-26)20-24-19(15-22-25-20)23-17-5-3-1-2-4-6-17/h7-10,15,17H,1-6,11-14H2,(H,23,24,25). The fourth-order valence-electron chi connectivity index (χ4n) is 3.95. The molecule has 1 N–H and O–H groups in total. The summed E-state index contributed by atoms with van der Waals surface area (Å²) in [6, 6.07) is 7.18. The van der Waals surface area contributed by atoms with Crippen molar-refractivity contribution >= 4 is 17.5 Å². The van der Waals surface area contributed by atoms with Crippen LogP contribution in [0.15, 0.2) is 30.5 Å². The number of piperazine rings is 1. The first-order chi connectivity index (χ1) is 13.3. The Morgan fingerprint density at radius 2 is 1.56 bits per heavy atom. The molecule has 2 fully saturated rings. The molecule has 7 heteroatoms. The van der Waals surface area contributed by atoms with Crippen molar-refractivity contribution in [1.29, 1.82) is 0 Å². The molecule has 1 saturated carbocycles. The first-order valence-electron chi connectivity index (χ1n) is 10.00. The summed E-state index contributed by atoms with van der Waals surface area (Å²) >= 11 is 0. The van der Waals surface area contributed by atoms with Crippen molar-refractivity contribution in [1.82, 2.24) is 15.2 Å². The van der Waals surface area contributed by atoms with Gasteiger partial charge in [-0.25, -0.2) is 4.39 Å². The van der Waals surface area contributed by atoms with Crippen molar-refractivity contribution in [3.8, 4) is 0 Å². The summed E-state index contributed by atoms with van der Waals surface area (Å²) in [5, 5.41) is 12.0. The van der Waals surface area contributed by atoms with E-state index in [2.05, 4.69) is 25.3 Å². The molecule has 2 aliphatic rings. The van der Waals surface area contributed by atoms with Crippen molar-refractivity contribution in [3.63, 3.8) is 0 Å². The highest BCUT2D eigenvalue weighted by atomic mass is 19.1. The lowest BCUT2D eigenvalue weighted by molar-refractivity contribution is 0.612.